The molecule has 0 bridgehead atoms. The van der Waals surface area contributed by atoms with Crippen molar-refractivity contribution in [2.45, 2.75) is 49.3 Å². The summed E-state index contributed by atoms with van der Waals surface area (Å²) in [5.41, 5.74) is 0.0839. The van der Waals surface area contributed by atoms with Gasteiger partial charge in [-0.25, -0.2) is 30.7 Å². The number of likely N-dealkylation sites (N-methyl/N-ethyl adjacent to an activating group) is 1. The summed E-state index contributed by atoms with van der Waals surface area (Å²) in [4.78, 5) is 27.2. The highest BCUT2D eigenvalue weighted by molar-refractivity contribution is 7.88. The van der Waals surface area contributed by atoms with Gasteiger partial charge in [0.1, 0.15) is 23.5 Å². The second-order valence-electron chi connectivity index (χ2n) is 12.6. The van der Waals surface area contributed by atoms with E-state index < -0.39 is 57.0 Å². The number of anilines is 1. The lowest BCUT2D eigenvalue weighted by Crippen LogP contribution is -2.58. The van der Waals surface area contributed by atoms with Crippen LogP contribution in [0.1, 0.15) is 41.9 Å². The van der Waals surface area contributed by atoms with Crippen LogP contribution in [0.3, 0.4) is 0 Å². The van der Waals surface area contributed by atoms with Crippen molar-refractivity contribution < 1.29 is 41.0 Å². The van der Waals surface area contributed by atoms with Gasteiger partial charge in [-0.3, -0.25) is 9.69 Å². The predicted molar refractivity (Wildman–Crippen MR) is 179 cm³/mol. The Morgan fingerprint density at radius 2 is 1.73 bits per heavy atom. The molecule has 3 N–H and O–H groups in total. The maximum Gasteiger partial charge on any atom is 0.407 e. The minimum atomic E-state index is -3.31. The number of halogens is 4. The van der Waals surface area contributed by atoms with Crippen molar-refractivity contribution >= 4 is 39.3 Å². The van der Waals surface area contributed by atoms with Crippen LogP contribution in [-0.4, -0.2) is 92.0 Å². The van der Waals surface area contributed by atoms with Gasteiger partial charge in [-0.15, -0.1) is 0 Å². The molecular weight excluding hydrogens is 685 g/mol. The Bertz CT molecular complexity index is 1770. The number of morpholine rings is 1. The van der Waals surface area contributed by atoms with E-state index in [-0.39, 0.29) is 29.3 Å². The van der Waals surface area contributed by atoms with Gasteiger partial charge in [0.25, 0.3) is 0 Å². The number of rotatable bonds is 10. The molecule has 3 atom stereocenters. The molecule has 0 radical (unpaired) electrons. The highest BCUT2D eigenvalue weighted by atomic mass is 35.5. The van der Waals surface area contributed by atoms with Crippen molar-refractivity contribution in [3.63, 3.8) is 0 Å². The summed E-state index contributed by atoms with van der Waals surface area (Å²) < 4.78 is 76.2. The molecule has 3 aromatic rings. The minimum absolute atomic E-state index is 0.00536. The molecule has 0 unspecified atom stereocenters. The van der Waals surface area contributed by atoms with Crippen LogP contribution in [0.4, 0.5) is 23.7 Å². The first-order chi connectivity index (χ1) is 23.2. The molecule has 0 aromatic heterocycles. The number of carboxylic acid groups (broad SMARTS) is 1. The van der Waals surface area contributed by atoms with Crippen LogP contribution >= 0.6 is 11.6 Å². The first-order valence-corrected chi connectivity index (χ1v) is 18.0. The third kappa shape index (κ3) is 8.73. The average Bonchev–Trinajstić information content (AvgIpc) is 3.03. The molecule has 2 aliphatic heterocycles. The number of sulfonamides is 1. The average molecular weight is 723 g/mol. The zero-order chi connectivity index (χ0) is 35.5. The summed E-state index contributed by atoms with van der Waals surface area (Å²) in [6, 6.07) is 11.4. The van der Waals surface area contributed by atoms with Crippen LogP contribution in [0.5, 0.6) is 0 Å². The molecule has 2 heterocycles. The zero-order valence-electron chi connectivity index (χ0n) is 27.0. The number of carbonyl (C=O) groups excluding carboxylic acids is 1. The molecule has 15 heteroatoms. The summed E-state index contributed by atoms with van der Waals surface area (Å²) in [5, 5.41) is 16.4. The standard InChI is InChI=1S/C34H38ClF3N4O6S/c1-41(33(44)45)31(30(21-6-8-23(35)9-7-21)22-16-24(36)18-25(37)17-22)32(43)40-29-5-3-4-28(38)27(29)11-10-26-19-39-20-34(48-26)12-14-42(15-13-34)49(2,46)47/h3-9,16-18,26,30-31,39H,10-15,19-20H2,1-2H3,(H,40,43)(H,44,45)/t26-,30+,31+/m1/s1. The maximum atomic E-state index is 15.4. The van der Waals surface area contributed by atoms with E-state index in [0.717, 1.165) is 17.0 Å². The molecule has 264 valence electrons. The summed E-state index contributed by atoms with van der Waals surface area (Å²) in [6.45, 7) is 1.72. The first-order valence-electron chi connectivity index (χ1n) is 15.7. The minimum Gasteiger partial charge on any atom is -0.465 e. The lowest BCUT2D eigenvalue weighted by molar-refractivity contribution is -0.137. The van der Waals surface area contributed by atoms with E-state index in [1.165, 1.54) is 60.1 Å². The molecule has 10 nitrogen and oxygen atoms in total. The van der Waals surface area contributed by atoms with Crippen LogP contribution in [0.25, 0.3) is 0 Å². The monoisotopic (exact) mass is 722 g/mol. The Hall–Kier alpha value is -3.69. The quantitative estimate of drug-likeness (QED) is 0.262. The number of benzene rings is 3. The summed E-state index contributed by atoms with van der Waals surface area (Å²) >= 11 is 6.08. The number of amides is 2. The Labute approximate surface area is 288 Å². The molecule has 49 heavy (non-hydrogen) atoms. The predicted octanol–water partition coefficient (Wildman–Crippen LogP) is 5.22. The highest BCUT2D eigenvalue weighted by Crippen LogP contribution is 2.35. The number of hydrogen-bond donors (Lipinski definition) is 3. The van der Waals surface area contributed by atoms with Gasteiger partial charge >= 0.3 is 6.09 Å². The van der Waals surface area contributed by atoms with E-state index in [0.29, 0.717) is 62.1 Å². The summed E-state index contributed by atoms with van der Waals surface area (Å²) in [6.07, 6.45) is 0.899. The van der Waals surface area contributed by atoms with Crippen LogP contribution in [0.2, 0.25) is 5.02 Å². The molecule has 1 spiro atoms. The van der Waals surface area contributed by atoms with E-state index in [2.05, 4.69) is 10.6 Å². The summed E-state index contributed by atoms with van der Waals surface area (Å²) in [7, 11) is -2.14. The van der Waals surface area contributed by atoms with Crippen molar-refractivity contribution in [2.24, 2.45) is 0 Å². The van der Waals surface area contributed by atoms with Crippen molar-refractivity contribution in [2.75, 3.05) is 44.8 Å². The lowest BCUT2D eigenvalue weighted by Gasteiger charge is -2.46. The SMILES string of the molecule is CN(C(=O)O)[C@H](C(=O)Nc1cccc(F)c1CC[C@@H]1CNCC2(CCN(S(C)(=O)=O)CC2)O1)[C@@H](c1ccc(Cl)cc1)c1cc(F)cc(F)c1. The number of ether oxygens (including phenoxy) is 1. The van der Waals surface area contributed by atoms with E-state index >= 15 is 4.39 Å². The Morgan fingerprint density at radius 3 is 2.35 bits per heavy atom. The van der Waals surface area contributed by atoms with Crippen molar-refractivity contribution in [1.82, 2.24) is 14.5 Å². The van der Waals surface area contributed by atoms with E-state index in [1.807, 2.05) is 0 Å². The topological polar surface area (TPSA) is 128 Å². The van der Waals surface area contributed by atoms with Crippen molar-refractivity contribution in [3.05, 3.63) is 99.8 Å². The molecule has 2 amide bonds. The van der Waals surface area contributed by atoms with Gasteiger partial charge in [-0.1, -0.05) is 29.8 Å². The van der Waals surface area contributed by atoms with Crippen molar-refractivity contribution in [1.29, 1.82) is 0 Å². The second-order valence-corrected chi connectivity index (χ2v) is 15.0. The normalized spacial score (nSPS) is 19.3. The van der Waals surface area contributed by atoms with Gasteiger partial charge in [-0.2, -0.15) is 0 Å². The van der Waals surface area contributed by atoms with Gasteiger partial charge in [0.2, 0.25) is 15.9 Å². The van der Waals surface area contributed by atoms with Gasteiger partial charge < -0.3 is 20.5 Å². The number of carbonyl (C=O) groups is 2. The van der Waals surface area contributed by atoms with E-state index in [1.54, 1.807) is 0 Å². The van der Waals surface area contributed by atoms with Gasteiger partial charge in [0.05, 0.1) is 18.0 Å². The lowest BCUT2D eigenvalue weighted by atomic mass is 9.83. The highest BCUT2D eigenvalue weighted by Gasteiger charge is 2.42. The molecule has 0 aliphatic carbocycles. The molecule has 5 rings (SSSR count). The number of piperidine rings is 1. The molecule has 2 aliphatic rings. The van der Waals surface area contributed by atoms with E-state index in [9.17, 15) is 31.9 Å². The van der Waals surface area contributed by atoms with Crippen LogP contribution in [0, 0.1) is 17.5 Å². The first kappa shape index (κ1) is 36.6. The molecule has 2 fully saturated rings. The third-order valence-electron chi connectivity index (χ3n) is 9.21. The smallest absolute Gasteiger partial charge is 0.407 e. The van der Waals surface area contributed by atoms with E-state index in [4.69, 9.17) is 16.3 Å². The number of nitrogens with zero attached hydrogens (tertiary/aromatic N) is 2. The fraction of sp³-hybridized carbons (Fsp3) is 0.412. The van der Waals surface area contributed by atoms with Crippen molar-refractivity contribution in [3.8, 4) is 0 Å². The fourth-order valence-electron chi connectivity index (χ4n) is 6.67. The fourth-order valence-corrected chi connectivity index (χ4v) is 7.64. The molecule has 3 aromatic carbocycles. The van der Waals surface area contributed by atoms with Crippen LogP contribution in [-0.2, 0) is 26.0 Å². The summed E-state index contributed by atoms with van der Waals surface area (Å²) in [5.74, 6) is -4.47. The van der Waals surface area contributed by atoms with Crippen LogP contribution < -0.4 is 10.6 Å². The Kier molecular flexibility index (Phi) is 11.2. The Morgan fingerprint density at radius 1 is 1.08 bits per heavy atom. The van der Waals surface area contributed by atoms with Gasteiger partial charge in [0.15, 0.2) is 0 Å². The zero-order valence-corrected chi connectivity index (χ0v) is 28.5. The van der Waals surface area contributed by atoms with Crippen LogP contribution in [0.15, 0.2) is 60.7 Å². The second kappa shape index (κ2) is 15.1. The largest absolute Gasteiger partial charge is 0.465 e. The molecule has 0 saturated carbocycles. The Balaban J connectivity index is 1.39. The molecular formula is C34H38ClF3N4O6S. The van der Waals surface area contributed by atoms with Gasteiger partial charge in [0, 0.05) is 61.5 Å². The maximum absolute atomic E-state index is 15.4. The third-order valence-corrected chi connectivity index (χ3v) is 10.8. The van der Waals surface area contributed by atoms with Gasteiger partial charge in [-0.05, 0) is 73.2 Å². The number of nitrogens with one attached hydrogen (secondary N) is 2. The number of hydrogen-bond acceptors (Lipinski definition) is 6. The molecule has 2 saturated heterocycles.